The van der Waals surface area contributed by atoms with Gasteiger partial charge in [-0.15, -0.1) is 0 Å². The van der Waals surface area contributed by atoms with Crippen LogP contribution < -0.4 is 5.56 Å². The third-order valence-corrected chi connectivity index (χ3v) is 3.88. The van der Waals surface area contributed by atoms with E-state index < -0.39 is 0 Å². The minimum Gasteiger partial charge on any atom is -0.383 e. The highest BCUT2D eigenvalue weighted by Crippen LogP contribution is 2.09. The van der Waals surface area contributed by atoms with Crippen LogP contribution >= 0.6 is 0 Å². The summed E-state index contributed by atoms with van der Waals surface area (Å²) in [6.07, 6.45) is 6.29. The van der Waals surface area contributed by atoms with Gasteiger partial charge in [-0.3, -0.25) is 14.3 Å². The standard InChI is InChI=1S/C15H21N5O2/c1-22-8-7-18-4-2-5-20-14(11-18)17-13(9-15(20)21)10-19-6-3-16-12-19/h3,6,9,12H,2,4-5,7-8,10-11H2,1H3. The Bertz CT molecular complexity index is 665. The summed E-state index contributed by atoms with van der Waals surface area (Å²) in [6, 6.07) is 1.63. The second-order valence-electron chi connectivity index (χ2n) is 5.51. The Labute approximate surface area is 129 Å². The van der Waals surface area contributed by atoms with Crippen LogP contribution in [0, 0.1) is 0 Å². The van der Waals surface area contributed by atoms with Gasteiger partial charge in [0.15, 0.2) is 0 Å². The third kappa shape index (κ3) is 3.42. The molecule has 3 heterocycles. The smallest absolute Gasteiger partial charge is 0.253 e. The molecule has 0 saturated heterocycles. The number of methoxy groups -OCH3 is 1. The van der Waals surface area contributed by atoms with Crippen molar-refractivity contribution in [1.82, 2.24) is 24.0 Å². The number of imidazole rings is 1. The summed E-state index contributed by atoms with van der Waals surface area (Å²) in [7, 11) is 1.71. The van der Waals surface area contributed by atoms with E-state index in [9.17, 15) is 4.79 Å². The second-order valence-corrected chi connectivity index (χ2v) is 5.51. The summed E-state index contributed by atoms with van der Waals surface area (Å²) in [5.74, 6) is 0.844. The molecule has 0 fully saturated rings. The molecule has 1 aliphatic heterocycles. The van der Waals surface area contributed by atoms with E-state index in [2.05, 4.69) is 9.88 Å². The molecule has 2 aromatic heterocycles. The Morgan fingerprint density at radius 3 is 3.05 bits per heavy atom. The maximum atomic E-state index is 12.3. The summed E-state index contributed by atoms with van der Waals surface area (Å²) in [6.45, 7) is 4.51. The summed E-state index contributed by atoms with van der Waals surface area (Å²) in [5.41, 5.74) is 0.816. The van der Waals surface area contributed by atoms with Crippen LogP contribution in [0.3, 0.4) is 0 Å². The van der Waals surface area contributed by atoms with Crippen molar-refractivity contribution < 1.29 is 4.74 Å². The SMILES string of the molecule is COCCN1CCCn2c(nc(Cn3ccnc3)cc2=O)C1. The number of rotatable bonds is 5. The Kier molecular flexibility index (Phi) is 4.65. The lowest BCUT2D eigenvalue weighted by Crippen LogP contribution is -2.29. The summed E-state index contributed by atoms with van der Waals surface area (Å²) >= 11 is 0. The number of fused-ring (bicyclic) bond motifs is 1. The van der Waals surface area contributed by atoms with Gasteiger partial charge in [-0.25, -0.2) is 9.97 Å². The van der Waals surface area contributed by atoms with Gasteiger partial charge in [-0.1, -0.05) is 0 Å². The molecule has 2 aromatic rings. The van der Waals surface area contributed by atoms with Crippen molar-refractivity contribution >= 4 is 0 Å². The quantitative estimate of drug-likeness (QED) is 0.797. The lowest BCUT2D eigenvalue weighted by molar-refractivity contribution is 0.144. The molecule has 22 heavy (non-hydrogen) atoms. The normalized spacial score (nSPS) is 15.5. The molecule has 0 aromatic carbocycles. The van der Waals surface area contributed by atoms with Crippen LogP contribution in [0.4, 0.5) is 0 Å². The molecular weight excluding hydrogens is 282 g/mol. The molecule has 0 atom stereocenters. The minimum absolute atomic E-state index is 0.0358. The minimum atomic E-state index is 0.0358. The molecule has 0 unspecified atom stereocenters. The van der Waals surface area contributed by atoms with Crippen molar-refractivity contribution in [2.45, 2.75) is 26.1 Å². The first kappa shape index (κ1) is 14.9. The Morgan fingerprint density at radius 2 is 2.27 bits per heavy atom. The average Bonchev–Trinajstić information content (AvgIpc) is 2.91. The molecule has 0 radical (unpaired) electrons. The fraction of sp³-hybridized carbons (Fsp3) is 0.533. The number of nitrogens with zero attached hydrogens (tertiary/aromatic N) is 5. The Morgan fingerprint density at radius 1 is 1.36 bits per heavy atom. The van der Waals surface area contributed by atoms with Crippen LogP contribution in [0.15, 0.2) is 29.6 Å². The van der Waals surface area contributed by atoms with Gasteiger partial charge < -0.3 is 9.30 Å². The van der Waals surface area contributed by atoms with Gasteiger partial charge in [-0.05, 0) is 6.42 Å². The van der Waals surface area contributed by atoms with Crippen LogP contribution in [-0.4, -0.2) is 50.8 Å². The molecule has 118 valence electrons. The molecule has 0 N–H and O–H groups in total. The molecule has 3 rings (SSSR count). The van der Waals surface area contributed by atoms with E-state index in [1.165, 1.54) is 0 Å². The largest absolute Gasteiger partial charge is 0.383 e. The van der Waals surface area contributed by atoms with Crippen LogP contribution in [0.1, 0.15) is 17.9 Å². The fourth-order valence-electron chi connectivity index (χ4n) is 2.76. The number of ether oxygens (including phenoxy) is 1. The second kappa shape index (κ2) is 6.85. The van der Waals surface area contributed by atoms with Crippen LogP contribution in [0.25, 0.3) is 0 Å². The van der Waals surface area contributed by atoms with E-state index in [4.69, 9.17) is 9.72 Å². The first-order valence-electron chi connectivity index (χ1n) is 7.53. The van der Waals surface area contributed by atoms with E-state index in [1.54, 1.807) is 30.3 Å². The molecule has 0 saturated carbocycles. The fourth-order valence-corrected chi connectivity index (χ4v) is 2.76. The topological polar surface area (TPSA) is 65.2 Å². The Hall–Kier alpha value is -1.99. The molecule has 0 spiro atoms. The lowest BCUT2D eigenvalue weighted by atomic mass is 10.3. The highest BCUT2D eigenvalue weighted by molar-refractivity contribution is 5.07. The summed E-state index contributed by atoms with van der Waals surface area (Å²) in [5, 5.41) is 0. The molecule has 1 aliphatic rings. The number of aromatic nitrogens is 4. The number of hydrogen-bond acceptors (Lipinski definition) is 5. The first-order chi connectivity index (χ1) is 10.8. The predicted octanol–water partition coefficient (Wildman–Crippen LogP) is 0.340. The van der Waals surface area contributed by atoms with Gasteiger partial charge in [-0.2, -0.15) is 0 Å². The van der Waals surface area contributed by atoms with Crippen LogP contribution in [0.2, 0.25) is 0 Å². The van der Waals surface area contributed by atoms with Gasteiger partial charge >= 0.3 is 0 Å². The van der Waals surface area contributed by atoms with Crippen molar-refractivity contribution in [3.63, 3.8) is 0 Å². The van der Waals surface area contributed by atoms with Gasteiger partial charge in [0, 0.05) is 45.2 Å². The van der Waals surface area contributed by atoms with Gasteiger partial charge in [0.25, 0.3) is 5.56 Å². The lowest BCUT2D eigenvalue weighted by Gasteiger charge is -2.19. The van der Waals surface area contributed by atoms with E-state index in [0.29, 0.717) is 19.7 Å². The van der Waals surface area contributed by atoms with Gasteiger partial charge in [0.05, 0.1) is 31.7 Å². The third-order valence-electron chi connectivity index (χ3n) is 3.88. The number of hydrogen-bond donors (Lipinski definition) is 0. The van der Waals surface area contributed by atoms with Crippen molar-refractivity contribution in [1.29, 1.82) is 0 Å². The predicted molar refractivity (Wildman–Crippen MR) is 81.6 cm³/mol. The van der Waals surface area contributed by atoms with Crippen molar-refractivity contribution in [3.8, 4) is 0 Å². The molecule has 0 bridgehead atoms. The van der Waals surface area contributed by atoms with E-state index in [1.807, 2.05) is 10.8 Å². The monoisotopic (exact) mass is 303 g/mol. The highest BCUT2D eigenvalue weighted by atomic mass is 16.5. The molecule has 7 nitrogen and oxygen atoms in total. The van der Waals surface area contributed by atoms with Crippen molar-refractivity contribution in [3.05, 3.63) is 46.7 Å². The molecular formula is C15H21N5O2. The summed E-state index contributed by atoms with van der Waals surface area (Å²) in [4.78, 5) is 23.3. The Balaban J connectivity index is 1.84. The van der Waals surface area contributed by atoms with E-state index in [-0.39, 0.29) is 5.56 Å². The average molecular weight is 303 g/mol. The van der Waals surface area contributed by atoms with Crippen molar-refractivity contribution in [2.75, 3.05) is 26.8 Å². The molecule has 0 aliphatic carbocycles. The highest BCUT2D eigenvalue weighted by Gasteiger charge is 2.17. The van der Waals surface area contributed by atoms with E-state index in [0.717, 1.165) is 37.6 Å². The van der Waals surface area contributed by atoms with Crippen molar-refractivity contribution in [2.24, 2.45) is 0 Å². The zero-order valence-corrected chi connectivity index (χ0v) is 12.8. The summed E-state index contributed by atoms with van der Waals surface area (Å²) < 4.78 is 8.86. The molecule has 7 heteroatoms. The maximum Gasteiger partial charge on any atom is 0.253 e. The van der Waals surface area contributed by atoms with Gasteiger partial charge in [0.1, 0.15) is 5.82 Å². The molecule has 0 amide bonds. The van der Waals surface area contributed by atoms with Crippen LogP contribution in [0.5, 0.6) is 0 Å². The zero-order chi connectivity index (χ0) is 15.4. The van der Waals surface area contributed by atoms with E-state index >= 15 is 0 Å². The van der Waals surface area contributed by atoms with Crippen LogP contribution in [-0.2, 0) is 24.4 Å². The maximum absolute atomic E-state index is 12.3. The first-order valence-corrected chi connectivity index (χ1v) is 7.53. The zero-order valence-electron chi connectivity index (χ0n) is 12.8. The van der Waals surface area contributed by atoms with Gasteiger partial charge in [0.2, 0.25) is 0 Å².